The maximum atomic E-state index is 11.1. The van der Waals surface area contributed by atoms with E-state index in [1.54, 1.807) is 0 Å². The number of carbonyl (C=O) groups is 1. The van der Waals surface area contributed by atoms with Crippen LogP contribution in [-0.4, -0.2) is 12.1 Å². The molecule has 0 aromatic heterocycles. The molecular formula is C11H22O2. The fraction of sp³-hybridized carbons (Fsp3) is 0.909. The Balaban J connectivity index is 3.38. The molecular weight excluding hydrogens is 164 g/mol. The molecule has 2 heteroatoms. The summed E-state index contributed by atoms with van der Waals surface area (Å²) in [4.78, 5) is 11.1. The van der Waals surface area contributed by atoms with Gasteiger partial charge in [-0.05, 0) is 26.2 Å². The fourth-order valence-electron chi connectivity index (χ4n) is 1.23. The van der Waals surface area contributed by atoms with Gasteiger partial charge in [-0.2, -0.15) is 0 Å². The first kappa shape index (κ1) is 12.5. The summed E-state index contributed by atoms with van der Waals surface area (Å²) in [5.41, 5.74) is 0. The fourth-order valence-corrected chi connectivity index (χ4v) is 1.23. The van der Waals surface area contributed by atoms with E-state index in [9.17, 15) is 4.79 Å². The van der Waals surface area contributed by atoms with E-state index < -0.39 is 0 Å². The molecule has 0 aliphatic carbocycles. The Morgan fingerprint density at radius 1 is 1.23 bits per heavy atom. The topological polar surface area (TPSA) is 26.3 Å². The number of hydrogen-bond donors (Lipinski definition) is 0. The molecule has 1 atom stereocenters. The molecule has 0 aromatic rings. The molecule has 13 heavy (non-hydrogen) atoms. The average molecular weight is 186 g/mol. The molecule has 0 bridgehead atoms. The highest BCUT2D eigenvalue weighted by Gasteiger charge is 2.07. The predicted octanol–water partition coefficient (Wildman–Crippen LogP) is 3.30. The predicted molar refractivity (Wildman–Crippen MR) is 54.6 cm³/mol. The van der Waals surface area contributed by atoms with Crippen LogP contribution < -0.4 is 0 Å². The molecule has 0 unspecified atom stereocenters. The molecule has 0 spiro atoms. The summed E-state index contributed by atoms with van der Waals surface area (Å²) in [6.07, 6.45) is 6.15. The van der Waals surface area contributed by atoms with Crippen LogP contribution in [0.15, 0.2) is 0 Å². The van der Waals surface area contributed by atoms with Gasteiger partial charge in [-0.25, -0.2) is 0 Å². The number of esters is 1. The minimum Gasteiger partial charge on any atom is -0.463 e. The number of carbonyl (C=O) groups excluding carboxylic acids is 1. The monoisotopic (exact) mass is 186 g/mol. The highest BCUT2D eigenvalue weighted by molar-refractivity contribution is 5.69. The molecule has 0 aromatic carbocycles. The second-order valence-corrected chi connectivity index (χ2v) is 3.55. The van der Waals surface area contributed by atoms with Gasteiger partial charge in [0, 0.05) is 6.42 Å². The minimum atomic E-state index is -0.0495. The molecule has 0 rings (SSSR count). The van der Waals surface area contributed by atoms with Crippen molar-refractivity contribution < 1.29 is 9.53 Å². The van der Waals surface area contributed by atoms with Gasteiger partial charge >= 0.3 is 5.97 Å². The molecule has 0 saturated carbocycles. The van der Waals surface area contributed by atoms with E-state index in [1.165, 1.54) is 12.8 Å². The molecule has 0 aliphatic rings. The highest BCUT2D eigenvalue weighted by atomic mass is 16.5. The maximum absolute atomic E-state index is 11.1. The third kappa shape index (κ3) is 7.82. The van der Waals surface area contributed by atoms with Crippen molar-refractivity contribution in [2.24, 2.45) is 0 Å². The summed E-state index contributed by atoms with van der Waals surface area (Å²) >= 11 is 0. The molecule has 0 aliphatic heterocycles. The largest absolute Gasteiger partial charge is 0.463 e. The Labute approximate surface area is 81.7 Å². The van der Waals surface area contributed by atoms with Gasteiger partial charge in [-0.3, -0.25) is 4.79 Å². The summed E-state index contributed by atoms with van der Waals surface area (Å²) in [5.74, 6) is -0.0495. The van der Waals surface area contributed by atoms with Crippen molar-refractivity contribution >= 4 is 5.97 Å². The zero-order chi connectivity index (χ0) is 10.1. The smallest absolute Gasteiger partial charge is 0.306 e. The van der Waals surface area contributed by atoms with Crippen LogP contribution in [0.2, 0.25) is 0 Å². The van der Waals surface area contributed by atoms with Gasteiger partial charge in [0.2, 0.25) is 0 Å². The van der Waals surface area contributed by atoms with Crippen molar-refractivity contribution in [2.75, 3.05) is 0 Å². The normalized spacial score (nSPS) is 12.5. The van der Waals surface area contributed by atoms with Crippen molar-refractivity contribution in [3.8, 4) is 0 Å². The van der Waals surface area contributed by atoms with Gasteiger partial charge in [-0.1, -0.05) is 26.7 Å². The van der Waals surface area contributed by atoms with E-state index in [2.05, 4.69) is 6.92 Å². The summed E-state index contributed by atoms with van der Waals surface area (Å²) < 4.78 is 5.20. The Hall–Kier alpha value is -0.530. The first-order valence-corrected chi connectivity index (χ1v) is 5.40. The Kier molecular flexibility index (Phi) is 7.76. The Morgan fingerprint density at radius 2 is 1.92 bits per heavy atom. The van der Waals surface area contributed by atoms with Gasteiger partial charge in [0.15, 0.2) is 0 Å². The number of ether oxygens (including phenoxy) is 1. The second kappa shape index (κ2) is 8.09. The minimum absolute atomic E-state index is 0.0495. The van der Waals surface area contributed by atoms with Crippen LogP contribution in [-0.2, 0) is 9.53 Å². The lowest BCUT2D eigenvalue weighted by atomic mass is 10.1. The number of unbranched alkanes of at least 4 members (excludes halogenated alkanes) is 2. The highest BCUT2D eigenvalue weighted by Crippen LogP contribution is 2.07. The quantitative estimate of drug-likeness (QED) is 0.450. The second-order valence-electron chi connectivity index (χ2n) is 3.55. The van der Waals surface area contributed by atoms with Gasteiger partial charge in [0.05, 0.1) is 6.10 Å². The van der Waals surface area contributed by atoms with E-state index in [0.29, 0.717) is 6.42 Å². The zero-order valence-electron chi connectivity index (χ0n) is 9.14. The van der Waals surface area contributed by atoms with Crippen molar-refractivity contribution in [3.05, 3.63) is 0 Å². The standard InChI is InChI=1S/C11H22O2/c1-4-6-7-9-10(3)13-11(12)8-5-2/h10H,4-9H2,1-3H3/t10-/m1/s1. The summed E-state index contributed by atoms with van der Waals surface area (Å²) in [6, 6.07) is 0. The summed E-state index contributed by atoms with van der Waals surface area (Å²) in [7, 11) is 0. The van der Waals surface area contributed by atoms with Crippen LogP contribution in [0.1, 0.15) is 59.3 Å². The van der Waals surface area contributed by atoms with Gasteiger partial charge < -0.3 is 4.74 Å². The molecule has 0 N–H and O–H groups in total. The van der Waals surface area contributed by atoms with Crippen LogP contribution in [0, 0.1) is 0 Å². The lowest BCUT2D eigenvalue weighted by molar-refractivity contribution is -0.148. The molecule has 78 valence electrons. The third-order valence-corrected chi connectivity index (χ3v) is 2.00. The van der Waals surface area contributed by atoms with Crippen LogP contribution >= 0.6 is 0 Å². The maximum Gasteiger partial charge on any atom is 0.306 e. The van der Waals surface area contributed by atoms with Crippen molar-refractivity contribution in [3.63, 3.8) is 0 Å². The van der Waals surface area contributed by atoms with E-state index in [4.69, 9.17) is 4.74 Å². The molecule has 0 saturated heterocycles. The van der Waals surface area contributed by atoms with E-state index in [-0.39, 0.29) is 12.1 Å². The van der Waals surface area contributed by atoms with Gasteiger partial charge in [0.1, 0.15) is 0 Å². The summed E-state index contributed by atoms with van der Waals surface area (Å²) in [6.45, 7) is 6.14. The first-order valence-electron chi connectivity index (χ1n) is 5.40. The molecule has 2 nitrogen and oxygen atoms in total. The zero-order valence-corrected chi connectivity index (χ0v) is 9.14. The third-order valence-electron chi connectivity index (χ3n) is 2.00. The van der Waals surface area contributed by atoms with Crippen LogP contribution in [0.25, 0.3) is 0 Å². The number of rotatable bonds is 7. The molecule has 0 fully saturated rings. The SMILES string of the molecule is CCCCC[C@@H](C)OC(=O)CCC. The Morgan fingerprint density at radius 3 is 2.46 bits per heavy atom. The van der Waals surface area contributed by atoms with E-state index in [1.807, 2.05) is 13.8 Å². The number of hydrogen-bond acceptors (Lipinski definition) is 2. The van der Waals surface area contributed by atoms with Crippen LogP contribution in [0.4, 0.5) is 0 Å². The van der Waals surface area contributed by atoms with E-state index in [0.717, 1.165) is 19.3 Å². The van der Waals surface area contributed by atoms with Crippen molar-refractivity contribution in [1.29, 1.82) is 0 Å². The first-order chi connectivity index (χ1) is 6.20. The van der Waals surface area contributed by atoms with Gasteiger partial charge in [-0.15, -0.1) is 0 Å². The van der Waals surface area contributed by atoms with E-state index >= 15 is 0 Å². The van der Waals surface area contributed by atoms with Crippen LogP contribution in [0.5, 0.6) is 0 Å². The van der Waals surface area contributed by atoms with Crippen LogP contribution in [0.3, 0.4) is 0 Å². The molecule has 0 radical (unpaired) electrons. The lowest BCUT2D eigenvalue weighted by Gasteiger charge is -2.12. The van der Waals surface area contributed by atoms with Gasteiger partial charge in [0.25, 0.3) is 0 Å². The Bertz CT molecular complexity index is 132. The summed E-state index contributed by atoms with van der Waals surface area (Å²) in [5, 5.41) is 0. The lowest BCUT2D eigenvalue weighted by Crippen LogP contribution is -2.14. The van der Waals surface area contributed by atoms with Crippen molar-refractivity contribution in [2.45, 2.75) is 65.4 Å². The van der Waals surface area contributed by atoms with Crippen molar-refractivity contribution in [1.82, 2.24) is 0 Å². The molecule has 0 heterocycles. The molecule has 0 amide bonds. The average Bonchev–Trinajstić information content (AvgIpc) is 2.05.